The summed E-state index contributed by atoms with van der Waals surface area (Å²) in [6, 6.07) is 9.15. The van der Waals surface area contributed by atoms with E-state index in [1.165, 1.54) is 18.2 Å². The Hall–Kier alpha value is -1.44. The molecular weight excluding hydrogens is 359 g/mol. The Balaban J connectivity index is 2.48. The summed E-state index contributed by atoms with van der Waals surface area (Å²) < 4.78 is 41.3. The zero-order chi connectivity index (χ0) is 15.6. The zero-order valence-corrected chi connectivity index (χ0v) is 13.6. The van der Waals surface area contributed by atoms with E-state index < -0.39 is 15.8 Å². The first-order valence-electron chi connectivity index (χ1n) is 6.11. The van der Waals surface area contributed by atoms with Gasteiger partial charge in [0.1, 0.15) is 5.82 Å². The minimum absolute atomic E-state index is 0.0839. The lowest BCUT2D eigenvalue weighted by molar-refractivity contribution is 0.597. The number of rotatable bonds is 4. The highest BCUT2D eigenvalue weighted by Crippen LogP contribution is 2.28. The van der Waals surface area contributed by atoms with Crippen molar-refractivity contribution in [3.63, 3.8) is 0 Å². The molecule has 0 atom stereocenters. The SMILES string of the molecule is Cc1ccc(CN)cc1S(=O)(=O)Nc1c(F)cccc1Br. The first-order valence-corrected chi connectivity index (χ1v) is 8.39. The number of hydrogen-bond acceptors (Lipinski definition) is 3. The van der Waals surface area contributed by atoms with E-state index in [1.807, 2.05) is 0 Å². The third kappa shape index (κ3) is 3.42. The molecule has 0 unspecified atom stereocenters. The number of aryl methyl sites for hydroxylation is 1. The molecule has 0 saturated carbocycles. The van der Waals surface area contributed by atoms with Crippen molar-refractivity contribution < 1.29 is 12.8 Å². The molecule has 0 heterocycles. The van der Waals surface area contributed by atoms with E-state index in [-0.39, 0.29) is 17.1 Å². The van der Waals surface area contributed by atoms with Gasteiger partial charge < -0.3 is 5.73 Å². The molecule has 0 aliphatic rings. The minimum Gasteiger partial charge on any atom is -0.326 e. The van der Waals surface area contributed by atoms with Crippen molar-refractivity contribution in [1.82, 2.24) is 0 Å². The first kappa shape index (κ1) is 15.9. The summed E-state index contributed by atoms with van der Waals surface area (Å²) in [6.07, 6.45) is 0. The molecule has 0 aliphatic heterocycles. The third-order valence-electron chi connectivity index (χ3n) is 2.98. The number of nitrogens with two attached hydrogens (primary N) is 1. The van der Waals surface area contributed by atoms with Crippen molar-refractivity contribution in [2.45, 2.75) is 18.4 Å². The van der Waals surface area contributed by atoms with Crippen molar-refractivity contribution in [3.8, 4) is 0 Å². The van der Waals surface area contributed by atoms with Crippen LogP contribution < -0.4 is 10.5 Å². The standard InChI is InChI=1S/C14H14BrFN2O2S/c1-9-5-6-10(8-17)7-13(9)21(19,20)18-14-11(15)3-2-4-12(14)16/h2-7,18H,8,17H2,1H3. The molecule has 0 saturated heterocycles. The average Bonchev–Trinajstić information content (AvgIpc) is 2.43. The van der Waals surface area contributed by atoms with Gasteiger partial charge >= 0.3 is 0 Å². The van der Waals surface area contributed by atoms with Crippen LogP contribution in [-0.2, 0) is 16.6 Å². The Morgan fingerprint density at radius 2 is 2.00 bits per heavy atom. The molecule has 0 aromatic heterocycles. The Kier molecular flexibility index (Phi) is 4.65. The molecular formula is C14H14BrFN2O2S. The molecule has 2 rings (SSSR count). The second-order valence-electron chi connectivity index (χ2n) is 4.51. The Labute approximate surface area is 131 Å². The molecule has 0 amide bonds. The lowest BCUT2D eigenvalue weighted by Crippen LogP contribution is -2.16. The van der Waals surface area contributed by atoms with Gasteiger partial charge in [-0.1, -0.05) is 18.2 Å². The van der Waals surface area contributed by atoms with Gasteiger partial charge in [0.15, 0.2) is 0 Å². The summed E-state index contributed by atoms with van der Waals surface area (Å²) in [6.45, 7) is 1.90. The number of hydrogen-bond donors (Lipinski definition) is 2. The van der Waals surface area contributed by atoms with Gasteiger partial charge in [-0.15, -0.1) is 0 Å². The van der Waals surface area contributed by atoms with Crippen LogP contribution in [0.5, 0.6) is 0 Å². The number of anilines is 1. The van der Waals surface area contributed by atoms with Crippen molar-refractivity contribution in [2.75, 3.05) is 4.72 Å². The summed E-state index contributed by atoms with van der Waals surface area (Å²) >= 11 is 3.13. The lowest BCUT2D eigenvalue weighted by atomic mass is 10.1. The van der Waals surface area contributed by atoms with Crippen molar-refractivity contribution in [1.29, 1.82) is 0 Å². The van der Waals surface area contributed by atoms with Crippen LogP contribution in [0.3, 0.4) is 0 Å². The molecule has 2 aromatic carbocycles. The molecule has 112 valence electrons. The summed E-state index contributed by atoms with van der Waals surface area (Å²) in [5.74, 6) is -0.652. The van der Waals surface area contributed by atoms with E-state index in [1.54, 1.807) is 25.1 Å². The van der Waals surface area contributed by atoms with Crippen LogP contribution in [-0.4, -0.2) is 8.42 Å². The maximum atomic E-state index is 13.8. The van der Waals surface area contributed by atoms with Gasteiger partial charge in [0.05, 0.1) is 10.6 Å². The molecule has 0 radical (unpaired) electrons. The highest BCUT2D eigenvalue weighted by atomic mass is 79.9. The van der Waals surface area contributed by atoms with Crippen molar-refractivity contribution in [3.05, 3.63) is 57.8 Å². The fourth-order valence-electron chi connectivity index (χ4n) is 1.85. The van der Waals surface area contributed by atoms with Gasteiger partial charge in [0.2, 0.25) is 0 Å². The second-order valence-corrected chi connectivity index (χ2v) is 7.01. The largest absolute Gasteiger partial charge is 0.326 e. The van der Waals surface area contributed by atoms with Gasteiger partial charge in [-0.05, 0) is 52.2 Å². The van der Waals surface area contributed by atoms with E-state index >= 15 is 0 Å². The highest BCUT2D eigenvalue weighted by Gasteiger charge is 2.20. The quantitative estimate of drug-likeness (QED) is 0.865. The van der Waals surface area contributed by atoms with Crippen LogP contribution in [0.15, 0.2) is 45.8 Å². The van der Waals surface area contributed by atoms with Gasteiger partial charge in [-0.3, -0.25) is 4.72 Å². The number of sulfonamides is 1. The van der Waals surface area contributed by atoms with Crippen molar-refractivity contribution in [2.24, 2.45) is 5.73 Å². The highest BCUT2D eigenvalue weighted by molar-refractivity contribution is 9.10. The van der Waals surface area contributed by atoms with Crippen LogP contribution in [0, 0.1) is 12.7 Å². The Morgan fingerprint density at radius 1 is 1.29 bits per heavy atom. The van der Waals surface area contributed by atoms with Crippen molar-refractivity contribution >= 4 is 31.6 Å². The molecule has 0 spiro atoms. The van der Waals surface area contributed by atoms with Gasteiger partial charge in [0.25, 0.3) is 10.0 Å². The molecule has 4 nitrogen and oxygen atoms in total. The predicted molar refractivity (Wildman–Crippen MR) is 84.0 cm³/mol. The second kappa shape index (κ2) is 6.13. The summed E-state index contributed by atoms with van der Waals surface area (Å²) in [5.41, 5.74) is 6.67. The zero-order valence-electron chi connectivity index (χ0n) is 11.2. The van der Waals surface area contributed by atoms with Gasteiger partial charge in [0, 0.05) is 11.0 Å². The first-order chi connectivity index (χ1) is 9.85. The van der Waals surface area contributed by atoms with Crippen LogP contribution in [0.25, 0.3) is 0 Å². The maximum Gasteiger partial charge on any atom is 0.262 e. The fraction of sp³-hybridized carbons (Fsp3) is 0.143. The number of nitrogens with one attached hydrogen (secondary N) is 1. The van der Waals surface area contributed by atoms with Crippen LogP contribution in [0.2, 0.25) is 0 Å². The smallest absolute Gasteiger partial charge is 0.262 e. The van der Waals surface area contributed by atoms with E-state index in [4.69, 9.17) is 5.73 Å². The maximum absolute atomic E-state index is 13.8. The molecule has 0 bridgehead atoms. The topological polar surface area (TPSA) is 72.2 Å². The van der Waals surface area contributed by atoms with Crippen LogP contribution >= 0.6 is 15.9 Å². The summed E-state index contributed by atoms with van der Waals surface area (Å²) in [4.78, 5) is 0.0839. The summed E-state index contributed by atoms with van der Waals surface area (Å²) in [5, 5.41) is 0. The number of para-hydroxylation sites is 1. The minimum atomic E-state index is -3.90. The monoisotopic (exact) mass is 372 g/mol. The molecule has 0 aliphatic carbocycles. The fourth-order valence-corrected chi connectivity index (χ4v) is 3.80. The Bertz CT molecular complexity index is 758. The molecule has 0 fully saturated rings. The summed E-state index contributed by atoms with van der Waals surface area (Å²) in [7, 11) is -3.90. The molecule has 7 heteroatoms. The van der Waals surface area contributed by atoms with Crippen LogP contribution in [0.4, 0.5) is 10.1 Å². The third-order valence-corrected chi connectivity index (χ3v) is 5.13. The molecule has 2 aromatic rings. The lowest BCUT2D eigenvalue weighted by Gasteiger charge is -2.13. The molecule has 3 N–H and O–H groups in total. The number of benzene rings is 2. The van der Waals surface area contributed by atoms with Gasteiger partial charge in [-0.25, -0.2) is 12.8 Å². The normalized spacial score (nSPS) is 11.4. The van der Waals surface area contributed by atoms with Crippen LogP contribution in [0.1, 0.15) is 11.1 Å². The van der Waals surface area contributed by atoms with Gasteiger partial charge in [-0.2, -0.15) is 0 Å². The number of halogens is 2. The van der Waals surface area contributed by atoms with E-state index in [2.05, 4.69) is 20.7 Å². The predicted octanol–water partition coefficient (Wildman–Crippen LogP) is 3.16. The van der Waals surface area contributed by atoms with E-state index in [0.717, 1.165) is 0 Å². The average molecular weight is 373 g/mol. The van der Waals surface area contributed by atoms with E-state index in [0.29, 0.717) is 15.6 Å². The molecule has 21 heavy (non-hydrogen) atoms. The van der Waals surface area contributed by atoms with E-state index in [9.17, 15) is 12.8 Å². The Morgan fingerprint density at radius 3 is 2.62 bits per heavy atom.